The van der Waals surface area contributed by atoms with E-state index >= 15 is 0 Å². The fraction of sp³-hybridized carbons (Fsp3) is 0.308. The number of methoxy groups -OCH3 is 1. The molecule has 0 radical (unpaired) electrons. The van der Waals surface area contributed by atoms with Gasteiger partial charge in [-0.05, 0) is 30.3 Å². The number of benzene rings is 2. The van der Waals surface area contributed by atoms with E-state index in [2.05, 4.69) is 15.2 Å². The minimum absolute atomic E-state index is 0.380. The van der Waals surface area contributed by atoms with Crippen molar-refractivity contribution in [3.05, 3.63) is 70.7 Å². The van der Waals surface area contributed by atoms with Crippen LogP contribution in [0.2, 0.25) is 0 Å². The number of nitrogens with zero attached hydrogens (tertiary/aromatic N) is 2. The number of H-pyrrole nitrogens is 1. The number of anilines is 1. The Labute approximate surface area is 201 Å². The van der Waals surface area contributed by atoms with E-state index in [-0.39, 0.29) is 5.63 Å². The summed E-state index contributed by atoms with van der Waals surface area (Å²) in [5.74, 6) is -0.164. The van der Waals surface area contributed by atoms with Crippen LogP contribution in [0.15, 0.2) is 63.9 Å². The molecule has 35 heavy (non-hydrogen) atoms. The number of nitrogens with one attached hydrogen (secondary N) is 2. The van der Waals surface area contributed by atoms with E-state index in [0.29, 0.717) is 31.0 Å². The van der Waals surface area contributed by atoms with Gasteiger partial charge in [-0.2, -0.15) is 0 Å². The van der Waals surface area contributed by atoms with Gasteiger partial charge in [0.05, 0.1) is 12.8 Å². The molecule has 0 saturated carbocycles. The second-order valence-electron chi connectivity index (χ2n) is 8.68. The van der Waals surface area contributed by atoms with Crippen molar-refractivity contribution < 1.29 is 19.1 Å². The van der Waals surface area contributed by atoms with Gasteiger partial charge in [0.15, 0.2) is 0 Å². The molecular weight excluding hydrogens is 448 g/mol. The highest BCUT2D eigenvalue weighted by molar-refractivity contribution is 5.90. The molecule has 1 aliphatic rings. The second-order valence-corrected chi connectivity index (χ2v) is 8.68. The first-order chi connectivity index (χ1) is 17.0. The van der Waals surface area contributed by atoms with Gasteiger partial charge in [-0.25, -0.2) is 4.79 Å². The monoisotopic (exact) mass is 476 g/mol. The summed E-state index contributed by atoms with van der Waals surface area (Å²) in [6, 6.07) is 13.8. The molecule has 9 heteroatoms. The number of piperazine rings is 1. The van der Waals surface area contributed by atoms with Gasteiger partial charge >= 0.3 is 11.6 Å². The van der Waals surface area contributed by atoms with E-state index in [1.165, 1.54) is 6.07 Å². The zero-order valence-corrected chi connectivity index (χ0v) is 19.5. The van der Waals surface area contributed by atoms with E-state index in [9.17, 15) is 14.7 Å². The third kappa shape index (κ3) is 4.73. The zero-order chi connectivity index (χ0) is 24.4. The topological polar surface area (TPSA) is 111 Å². The van der Waals surface area contributed by atoms with E-state index in [0.717, 1.165) is 47.2 Å². The Bertz CT molecular complexity index is 1400. The van der Waals surface area contributed by atoms with Crippen molar-refractivity contribution in [2.45, 2.75) is 6.04 Å². The van der Waals surface area contributed by atoms with Crippen LogP contribution in [0, 0.1) is 0 Å². The standard InChI is InChI=1S/C26H28N4O5/c1-34-17-6-7-21-19(14-17)20(16-28-21)25(26(32)33)30-12-10-29(11-13-30)9-8-27-22-15-24(31)35-23-5-3-2-4-18(22)23/h2-7,14-16,25,27-28H,8-13H2,1H3,(H,32,33). The molecule has 5 rings (SSSR count). The number of hydrogen-bond acceptors (Lipinski definition) is 7. The normalized spacial score (nSPS) is 15.9. The van der Waals surface area contributed by atoms with Gasteiger partial charge in [-0.15, -0.1) is 0 Å². The first-order valence-corrected chi connectivity index (χ1v) is 11.6. The Hall–Kier alpha value is -3.82. The number of para-hydroxylation sites is 1. The number of hydrogen-bond donors (Lipinski definition) is 3. The van der Waals surface area contributed by atoms with Crippen LogP contribution in [0.3, 0.4) is 0 Å². The van der Waals surface area contributed by atoms with Gasteiger partial charge in [0.1, 0.15) is 17.4 Å². The van der Waals surface area contributed by atoms with E-state index in [1.807, 2.05) is 41.3 Å². The summed E-state index contributed by atoms with van der Waals surface area (Å²) in [4.78, 5) is 31.7. The number of fused-ring (bicyclic) bond motifs is 2. The van der Waals surface area contributed by atoms with Crippen molar-refractivity contribution in [3.8, 4) is 5.75 Å². The molecule has 2 aromatic heterocycles. The van der Waals surface area contributed by atoms with Gasteiger partial charge < -0.3 is 24.6 Å². The van der Waals surface area contributed by atoms with Gasteiger partial charge in [-0.3, -0.25) is 14.6 Å². The van der Waals surface area contributed by atoms with Crippen molar-refractivity contribution in [2.24, 2.45) is 0 Å². The predicted molar refractivity (Wildman–Crippen MR) is 134 cm³/mol. The Morgan fingerprint density at radius 1 is 1.14 bits per heavy atom. The lowest BCUT2D eigenvalue weighted by atomic mass is 10.0. The maximum atomic E-state index is 12.3. The van der Waals surface area contributed by atoms with Crippen LogP contribution >= 0.6 is 0 Å². The number of carbonyl (C=O) groups is 1. The van der Waals surface area contributed by atoms with Crippen LogP contribution in [0.1, 0.15) is 11.6 Å². The van der Waals surface area contributed by atoms with Crippen molar-refractivity contribution in [1.29, 1.82) is 0 Å². The molecule has 1 atom stereocenters. The number of carboxylic acids is 1. The highest BCUT2D eigenvalue weighted by Gasteiger charge is 2.32. The molecule has 2 aromatic carbocycles. The number of rotatable bonds is 8. The maximum Gasteiger partial charge on any atom is 0.338 e. The minimum atomic E-state index is -0.862. The van der Waals surface area contributed by atoms with Crippen molar-refractivity contribution >= 4 is 33.5 Å². The predicted octanol–water partition coefficient (Wildman–Crippen LogP) is 3.14. The smallest absolute Gasteiger partial charge is 0.338 e. The maximum absolute atomic E-state index is 12.3. The van der Waals surface area contributed by atoms with Gasteiger partial charge in [-0.1, -0.05) is 12.1 Å². The summed E-state index contributed by atoms with van der Waals surface area (Å²) in [7, 11) is 1.60. The van der Waals surface area contributed by atoms with Gasteiger partial charge in [0.2, 0.25) is 0 Å². The zero-order valence-electron chi connectivity index (χ0n) is 19.5. The summed E-state index contributed by atoms with van der Waals surface area (Å²) in [6.45, 7) is 4.25. The molecule has 0 aliphatic carbocycles. The molecule has 182 valence electrons. The molecule has 1 saturated heterocycles. The van der Waals surface area contributed by atoms with Gasteiger partial charge in [0, 0.05) is 73.4 Å². The molecule has 3 heterocycles. The average molecular weight is 477 g/mol. The van der Waals surface area contributed by atoms with Crippen LogP contribution < -0.4 is 15.7 Å². The van der Waals surface area contributed by atoms with Crippen LogP contribution in [-0.4, -0.2) is 72.2 Å². The van der Waals surface area contributed by atoms with Gasteiger partial charge in [0.25, 0.3) is 0 Å². The molecule has 0 spiro atoms. The van der Waals surface area contributed by atoms with Crippen LogP contribution in [0.5, 0.6) is 5.75 Å². The number of aromatic nitrogens is 1. The van der Waals surface area contributed by atoms with E-state index < -0.39 is 12.0 Å². The lowest BCUT2D eigenvalue weighted by Crippen LogP contribution is -2.50. The molecular formula is C26H28N4O5. The van der Waals surface area contributed by atoms with Crippen LogP contribution in [-0.2, 0) is 4.79 Å². The first-order valence-electron chi connectivity index (χ1n) is 11.6. The number of carboxylic acid groups (broad SMARTS) is 1. The summed E-state index contributed by atoms with van der Waals surface area (Å²) in [5.41, 5.74) is 2.58. The number of aromatic amines is 1. The third-order valence-corrected chi connectivity index (χ3v) is 6.61. The van der Waals surface area contributed by atoms with Crippen molar-refractivity contribution in [3.63, 3.8) is 0 Å². The Balaban J connectivity index is 1.22. The third-order valence-electron chi connectivity index (χ3n) is 6.61. The highest BCUT2D eigenvalue weighted by atomic mass is 16.5. The number of aliphatic carboxylic acids is 1. The van der Waals surface area contributed by atoms with E-state index in [4.69, 9.17) is 9.15 Å². The first kappa shape index (κ1) is 22.9. The second kappa shape index (κ2) is 9.81. The Kier molecular flexibility index (Phi) is 6.43. The summed E-state index contributed by atoms with van der Waals surface area (Å²) in [5, 5.41) is 15.2. The lowest BCUT2D eigenvalue weighted by molar-refractivity contribution is -0.144. The Morgan fingerprint density at radius 2 is 1.94 bits per heavy atom. The molecule has 3 N–H and O–H groups in total. The van der Waals surface area contributed by atoms with Crippen molar-refractivity contribution in [2.75, 3.05) is 51.7 Å². The van der Waals surface area contributed by atoms with Crippen LogP contribution in [0.25, 0.3) is 21.9 Å². The molecule has 1 fully saturated rings. The largest absolute Gasteiger partial charge is 0.497 e. The fourth-order valence-electron chi connectivity index (χ4n) is 4.81. The molecule has 0 bridgehead atoms. The average Bonchev–Trinajstić information content (AvgIpc) is 3.27. The Morgan fingerprint density at radius 3 is 2.71 bits per heavy atom. The summed E-state index contributed by atoms with van der Waals surface area (Å²) >= 11 is 0. The van der Waals surface area contributed by atoms with Crippen molar-refractivity contribution in [1.82, 2.24) is 14.8 Å². The van der Waals surface area contributed by atoms with E-state index in [1.54, 1.807) is 19.4 Å². The molecule has 1 aliphatic heterocycles. The quantitative estimate of drug-likeness (QED) is 0.333. The SMILES string of the molecule is COc1ccc2[nH]cc(C(C(=O)O)N3CCN(CCNc4cc(=O)oc5ccccc45)CC3)c2c1. The molecule has 4 aromatic rings. The molecule has 0 amide bonds. The minimum Gasteiger partial charge on any atom is -0.497 e. The molecule has 1 unspecified atom stereocenters. The summed E-state index contributed by atoms with van der Waals surface area (Å²) < 4.78 is 10.6. The highest BCUT2D eigenvalue weighted by Crippen LogP contribution is 2.31. The fourth-order valence-corrected chi connectivity index (χ4v) is 4.81. The number of ether oxygens (including phenoxy) is 1. The molecule has 9 nitrogen and oxygen atoms in total. The lowest BCUT2D eigenvalue weighted by Gasteiger charge is -2.37. The summed E-state index contributed by atoms with van der Waals surface area (Å²) in [6.07, 6.45) is 1.79. The van der Waals surface area contributed by atoms with Crippen LogP contribution in [0.4, 0.5) is 5.69 Å².